The topological polar surface area (TPSA) is 66.9 Å². The molecule has 3 aliphatic rings. The lowest BCUT2D eigenvalue weighted by Gasteiger charge is -2.44. The van der Waals surface area contributed by atoms with Gasteiger partial charge in [0.15, 0.2) is 0 Å². The number of rotatable bonds is 4. The molecule has 32 heavy (non-hydrogen) atoms. The van der Waals surface area contributed by atoms with Crippen molar-refractivity contribution in [3.8, 4) is 0 Å². The fraction of sp³-hybridized carbons (Fsp3) is 0.346. The first kappa shape index (κ1) is 20.6. The van der Waals surface area contributed by atoms with Gasteiger partial charge in [-0.2, -0.15) is 0 Å². The van der Waals surface area contributed by atoms with Gasteiger partial charge >= 0.3 is 5.97 Å². The molecule has 4 atom stereocenters. The van der Waals surface area contributed by atoms with Crippen molar-refractivity contribution in [1.29, 1.82) is 0 Å². The van der Waals surface area contributed by atoms with Crippen LogP contribution in [0.25, 0.3) is 6.08 Å². The molecule has 2 amide bonds. The molecule has 0 aromatic heterocycles. The fourth-order valence-electron chi connectivity index (χ4n) is 5.85. The van der Waals surface area contributed by atoms with Crippen molar-refractivity contribution in [3.63, 3.8) is 0 Å². The van der Waals surface area contributed by atoms with Crippen molar-refractivity contribution in [1.82, 2.24) is 4.90 Å². The number of hydrogen-bond acceptors (Lipinski definition) is 5. The largest absolute Gasteiger partial charge is 0.468 e. The van der Waals surface area contributed by atoms with Crippen LogP contribution in [0, 0.1) is 11.8 Å². The summed E-state index contributed by atoms with van der Waals surface area (Å²) in [6.45, 7) is 0.651. The molecule has 3 fully saturated rings. The van der Waals surface area contributed by atoms with Gasteiger partial charge in [-0.25, -0.2) is 4.90 Å². The number of carbonyl (C=O) groups is 3. The normalized spacial score (nSPS) is 29.9. The van der Waals surface area contributed by atoms with E-state index in [1.807, 2.05) is 48.6 Å². The summed E-state index contributed by atoms with van der Waals surface area (Å²) in [6, 6.07) is 18.5. The SMILES string of the molecule is COC(=O)[C@]12CCCCN1[C@@H](/C=C/c1ccccc1)[C@H]1C(=O)N(c3ccccc3)C(=O)[C@H]12. The third-order valence-corrected chi connectivity index (χ3v) is 7.15. The molecule has 0 spiro atoms. The van der Waals surface area contributed by atoms with Gasteiger partial charge < -0.3 is 4.74 Å². The Bertz CT molecular complexity index is 1070. The van der Waals surface area contributed by atoms with Crippen LogP contribution < -0.4 is 4.90 Å². The smallest absolute Gasteiger partial charge is 0.327 e. The molecule has 164 valence electrons. The highest BCUT2D eigenvalue weighted by Gasteiger charge is 2.72. The lowest BCUT2D eigenvalue weighted by atomic mass is 9.75. The van der Waals surface area contributed by atoms with E-state index < -0.39 is 23.3 Å². The number of benzene rings is 2. The Morgan fingerprint density at radius 1 is 1.00 bits per heavy atom. The number of para-hydroxylation sites is 1. The van der Waals surface area contributed by atoms with E-state index in [2.05, 4.69) is 4.90 Å². The summed E-state index contributed by atoms with van der Waals surface area (Å²) < 4.78 is 5.25. The predicted molar refractivity (Wildman–Crippen MR) is 120 cm³/mol. The van der Waals surface area contributed by atoms with Gasteiger partial charge in [0.05, 0.1) is 24.6 Å². The minimum atomic E-state index is -1.11. The highest BCUT2D eigenvalue weighted by atomic mass is 16.5. The van der Waals surface area contributed by atoms with Gasteiger partial charge in [0.2, 0.25) is 11.8 Å². The molecule has 6 nitrogen and oxygen atoms in total. The van der Waals surface area contributed by atoms with Crippen LogP contribution in [0.15, 0.2) is 66.7 Å². The second-order valence-electron chi connectivity index (χ2n) is 8.68. The number of anilines is 1. The van der Waals surface area contributed by atoms with E-state index in [0.717, 1.165) is 18.4 Å². The maximum atomic E-state index is 13.7. The molecule has 6 heteroatoms. The number of esters is 1. The number of nitrogens with zero attached hydrogens (tertiary/aromatic N) is 2. The summed E-state index contributed by atoms with van der Waals surface area (Å²) >= 11 is 0. The summed E-state index contributed by atoms with van der Waals surface area (Å²) in [4.78, 5) is 44.0. The maximum Gasteiger partial charge on any atom is 0.327 e. The van der Waals surface area contributed by atoms with Crippen molar-refractivity contribution in [2.45, 2.75) is 30.8 Å². The van der Waals surface area contributed by atoms with Crippen LogP contribution in [-0.4, -0.2) is 47.9 Å². The van der Waals surface area contributed by atoms with Crippen LogP contribution in [0.1, 0.15) is 24.8 Å². The van der Waals surface area contributed by atoms with Crippen LogP contribution in [-0.2, 0) is 19.1 Å². The number of piperidine rings is 1. The summed E-state index contributed by atoms with van der Waals surface area (Å²) in [5, 5.41) is 0. The van der Waals surface area contributed by atoms with Crippen LogP contribution in [0.5, 0.6) is 0 Å². The number of amides is 2. The lowest BCUT2D eigenvalue weighted by Crippen LogP contribution is -2.61. The van der Waals surface area contributed by atoms with Crippen molar-refractivity contribution >= 4 is 29.5 Å². The minimum absolute atomic E-state index is 0.244. The first-order chi connectivity index (χ1) is 15.6. The molecule has 0 aliphatic carbocycles. The van der Waals surface area contributed by atoms with Crippen molar-refractivity contribution < 1.29 is 19.1 Å². The highest BCUT2D eigenvalue weighted by molar-refractivity contribution is 6.24. The van der Waals surface area contributed by atoms with E-state index in [-0.39, 0.29) is 17.9 Å². The van der Waals surface area contributed by atoms with Gasteiger partial charge in [-0.1, -0.05) is 60.7 Å². The second kappa shape index (κ2) is 8.02. The lowest BCUT2D eigenvalue weighted by molar-refractivity contribution is -0.161. The summed E-state index contributed by atoms with van der Waals surface area (Å²) in [5.74, 6) is -2.35. The van der Waals surface area contributed by atoms with Gasteiger partial charge in [-0.05, 0) is 43.5 Å². The number of hydrogen-bond donors (Lipinski definition) is 0. The number of ether oxygens (including phenoxy) is 1. The van der Waals surface area contributed by atoms with E-state index in [1.54, 1.807) is 24.3 Å². The summed E-state index contributed by atoms with van der Waals surface area (Å²) in [5.41, 5.74) is 0.443. The summed E-state index contributed by atoms with van der Waals surface area (Å²) in [6.07, 6.45) is 6.21. The third kappa shape index (κ3) is 2.93. The minimum Gasteiger partial charge on any atom is -0.468 e. The highest BCUT2D eigenvalue weighted by Crippen LogP contribution is 2.54. The van der Waals surface area contributed by atoms with E-state index in [1.165, 1.54) is 12.0 Å². The molecule has 0 radical (unpaired) electrons. The van der Waals surface area contributed by atoms with Crippen LogP contribution in [0.2, 0.25) is 0 Å². The van der Waals surface area contributed by atoms with E-state index >= 15 is 0 Å². The van der Waals surface area contributed by atoms with Crippen molar-refractivity contribution in [3.05, 3.63) is 72.3 Å². The second-order valence-corrected chi connectivity index (χ2v) is 8.68. The number of carbonyl (C=O) groups excluding carboxylic acids is 3. The van der Waals surface area contributed by atoms with Gasteiger partial charge in [0, 0.05) is 6.04 Å². The first-order valence-electron chi connectivity index (χ1n) is 11.1. The third-order valence-electron chi connectivity index (χ3n) is 7.15. The molecule has 0 N–H and O–H groups in total. The standard InChI is InChI=1S/C26H26N2O4/c1-32-25(31)26-16-8-9-17-27(26)20(15-14-18-10-4-2-5-11-18)21-22(26)24(30)28(23(21)29)19-12-6-3-7-13-19/h2-7,10-15,20-22H,8-9,16-17H2,1H3/b15-14+/t20-,21+,22-,26+/m0/s1. The Hall–Kier alpha value is -3.25. The first-order valence-corrected chi connectivity index (χ1v) is 11.1. The molecule has 3 saturated heterocycles. The number of methoxy groups -OCH3 is 1. The Labute approximate surface area is 187 Å². The molecule has 0 bridgehead atoms. The Morgan fingerprint density at radius 3 is 2.38 bits per heavy atom. The molecule has 2 aromatic carbocycles. The molecule has 0 saturated carbocycles. The molecular weight excluding hydrogens is 404 g/mol. The van der Waals surface area contributed by atoms with Gasteiger partial charge in [0.1, 0.15) is 5.54 Å². The molecule has 5 rings (SSSR count). The van der Waals surface area contributed by atoms with Gasteiger partial charge in [-0.3, -0.25) is 19.3 Å². The van der Waals surface area contributed by atoms with E-state index in [4.69, 9.17) is 4.74 Å². The van der Waals surface area contributed by atoms with Crippen LogP contribution in [0.3, 0.4) is 0 Å². The zero-order valence-corrected chi connectivity index (χ0v) is 18.0. The van der Waals surface area contributed by atoms with Crippen LogP contribution >= 0.6 is 0 Å². The zero-order valence-electron chi connectivity index (χ0n) is 18.0. The van der Waals surface area contributed by atoms with E-state index in [9.17, 15) is 14.4 Å². The Kier molecular flexibility index (Phi) is 5.18. The average molecular weight is 431 g/mol. The fourth-order valence-corrected chi connectivity index (χ4v) is 5.85. The number of imide groups is 1. The Balaban J connectivity index is 1.63. The molecular formula is C26H26N2O4. The van der Waals surface area contributed by atoms with Crippen molar-refractivity contribution in [2.75, 3.05) is 18.6 Å². The van der Waals surface area contributed by atoms with Crippen molar-refractivity contribution in [2.24, 2.45) is 11.8 Å². The molecule has 3 aliphatic heterocycles. The predicted octanol–water partition coefficient (Wildman–Crippen LogP) is 3.29. The van der Waals surface area contributed by atoms with Gasteiger partial charge in [0.25, 0.3) is 0 Å². The number of fused-ring (bicyclic) bond motifs is 3. The summed E-state index contributed by atoms with van der Waals surface area (Å²) in [7, 11) is 1.36. The van der Waals surface area contributed by atoms with E-state index in [0.29, 0.717) is 18.7 Å². The molecule has 2 aromatic rings. The monoisotopic (exact) mass is 430 g/mol. The average Bonchev–Trinajstić information content (AvgIpc) is 3.28. The quantitative estimate of drug-likeness (QED) is 0.550. The van der Waals surface area contributed by atoms with Gasteiger partial charge in [-0.15, -0.1) is 0 Å². The maximum absolute atomic E-state index is 13.7. The van der Waals surface area contributed by atoms with Crippen LogP contribution in [0.4, 0.5) is 5.69 Å². The molecule has 0 unspecified atom stereocenters. The zero-order chi connectivity index (χ0) is 22.3. The molecule has 3 heterocycles. The Morgan fingerprint density at radius 2 is 1.69 bits per heavy atom.